The average molecular weight is 386 g/mol. The van der Waals surface area contributed by atoms with E-state index >= 15 is 0 Å². The summed E-state index contributed by atoms with van der Waals surface area (Å²) in [5.41, 5.74) is 2.76. The average Bonchev–Trinajstić information content (AvgIpc) is 3.01. The molecular formula is C18H19BN2O5S. The Balaban J connectivity index is 1.74. The summed E-state index contributed by atoms with van der Waals surface area (Å²) in [5, 5.41) is 9.76. The minimum atomic E-state index is -3.79. The Kier molecular flexibility index (Phi) is 5.45. The minimum Gasteiger partial charge on any atom is -0.423 e. The van der Waals surface area contributed by atoms with Crippen LogP contribution < -0.4 is 5.46 Å². The largest absolute Gasteiger partial charge is 0.491 e. The smallest absolute Gasteiger partial charge is 0.423 e. The maximum absolute atomic E-state index is 12.5. The Hall–Kier alpha value is -2.49. The predicted molar refractivity (Wildman–Crippen MR) is 103 cm³/mol. The fourth-order valence-electron chi connectivity index (χ4n) is 2.69. The van der Waals surface area contributed by atoms with E-state index in [1.54, 1.807) is 20.2 Å². The van der Waals surface area contributed by atoms with Crippen LogP contribution in [0.15, 0.2) is 51.8 Å². The molecule has 1 N–H and O–H groups in total. The third kappa shape index (κ3) is 4.44. The van der Waals surface area contributed by atoms with Crippen molar-refractivity contribution >= 4 is 34.7 Å². The van der Waals surface area contributed by atoms with Gasteiger partial charge in [0.2, 0.25) is 0 Å². The van der Waals surface area contributed by atoms with Crippen LogP contribution in [0.25, 0.3) is 0 Å². The number of benzene rings is 2. The highest BCUT2D eigenvalue weighted by Crippen LogP contribution is 2.16. The molecule has 9 heteroatoms. The minimum absolute atomic E-state index is 0.0231. The molecule has 0 atom stereocenters. The molecule has 0 aliphatic carbocycles. The fraction of sp³-hybridized carbons (Fsp3) is 0.222. The van der Waals surface area contributed by atoms with Gasteiger partial charge in [-0.3, -0.25) is 4.79 Å². The monoisotopic (exact) mass is 386 g/mol. The van der Waals surface area contributed by atoms with Crippen LogP contribution in [0.2, 0.25) is 0 Å². The van der Waals surface area contributed by atoms with E-state index in [1.807, 2.05) is 12.1 Å². The van der Waals surface area contributed by atoms with Crippen molar-refractivity contribution in [1.82, 2.24) is 4.90 Å². The van der Waals surface area contributed by atoms with Gasteiger partial charge >= 0.3 is 7.12 Å². The second kappa shape index (κ2) is 7.63. The van der Waals surface area contributed by atoms with Crippen LogP contribution in [0.3, 0.4) is 0 Å². The molecule has 2 aromatic carbocycles. The summed E-state index contributed by atoms with van der Waals surface area (Å²) in [6.07, 6.45) is 1.35. The van der Waals surface area contributed by atoms with Crippen molar-refractivity contribution in [3.8, 4) is 0 Å². The van der Waals surface area contributed by atoms with Crippen molar-refractivity contribution in [1.29, 1.82) is 0 Å². The zero-order chi connectivity index (χ0) is 19.6. The van der Waals surface area contributed by atoms with Crippen LogP contribution in [0.5, 0.6) is 0 Å². The van der Waals surface area contributed by atoms with Gasteiger partial charge in [-0.05, 0) is 28.7 Å². The molecule has 0 bridgehead atoms. The summed E-state index contributed by atoms with van der Waals surface area (Å²) in [6.45, 7) is 0.358. The van der Waals surface area contributed by atoms with Gasteiger partial charge in [0, 0.05) is 26.1 Å². The maximum atomic E-state index is 12.5. The van der Waals surface area contributed by atoms with Crippen molar-refractivity contribution in [2.45, 2.75) is 17.9 Å². The van der Waals surface area contributed by atoms with E-state index in [0.29, 0.717) is 17.6 Å². The van der Waals surface area contributed by atoms with Crippen molar-refractivity contribution in [2.75, 3.05) is 14.1 Å². The summed E-state index contributed by atoms with van der Waals surface area (Å²) in [4.78, 5) is 14.0. The molecule has 1 aliphatic heterocycles. The number of rotatable bonds is 6. The van der Waals surface area contributed by atoms with Crippen molar-refractivity contribution in [3.05, 3.63) is 59.2 Å². The van der Waals surface area contributed by atoms with E-state index in [1.165, 1.54) is 35.5 Å². The van der Waals surface area contributed by atoms with Crippen molar-refractivity contribution in [3.63, 3.8) is 0 Å². The topological polar surface area (TPSA) is 96.3 Å². The van der Waals surface area contributed by atoms with Gasteiger partial charge in [-0.15, -0.1) is 4.40 Å². The molecule has 0 amide bonds. The standard InChI is InChI=1S/C18H19BN2O5S/c1-21(2)12-20-27(24,25)16-7-5-14(6-8-16)18(22)10-13-3-4-15-11-26-19(23)17(15)9-13/h3-9,12,23H,10-11H2,1-2H3/b20-12+. The zero-order valence-corrected chi connectivity index (χ0v) is 15.8. The van der Waals surface area contributed by atoms with Crippen LogP contribution in [0, 0.1) is 0 Å². The van der Waals surface area contributed by atoms with E-state index < -0.39 is 17.1 Å². The number of Topliss-reactive ketones (excluding diaryl/α,β-unsaturated/α-hetero) is 1. The summed E-state index contributed by atoms with van der Waals surface area (Å²) < 4.78 is 32.9. The van der Waals surface area contributed by atoms with Crippen molar-refractivity contribution in [2.24, 2.45) is 4.40 Å². The molecule has 7 nitrogen and oxygen atoms in total. The summed E-state index contributed by atoms with van der Waals surface area (Å²) in [7, 11) is -1.41. The highest BCUT2D eigenvalue weighted by atomic mass is 32.2. The molecule has 0 saturated heterocycles. The lowest BCUT2D eigenvalue weighted by molar-refractivity contribution is 0.0993. The van der Waals surface area contributed by atoms with Crippen LogP contribution in [0.1, 0.15) is 21.5 Å². The Morgan fingerprint density at radius 2 is 1.96 bits per heavy atom. The predicted octanol–water partition coefficient (Wildman–Crippen LogP) is 0.608. The van der Waals surface area contributed by atoms with Crippen LogP contribution in [-0.2, 0) is 27.7 Å². The molecule has 0 unspecified atom stereocenters. The summed E-state index contributed by atoms with van der Waals surface area (Å²) in [6, 6.07) is 11.1. The Labute approximate surface area is 158 Å². The quantitative estimate of drug-likeness (QED) is 0.338. The Bertz CT molecular complexity index is 987. The molecule has 0 radical (unpaired) electrons. The lowest BCUT2D eigenvalue weighted by atomic mass is 9.78. The number of hydrogen-bond acceptors (Lipinski definition) is 5. The number of nitrogens with zero attached hydrogens (tertiary/aromatic N) is 2. The van der Waals surface area contributed by atoms with Gasteiger partial charge in [-0.2, -0.15) is 8.42 Å². The second-order valence-electron chi connectivity index (χ2n) is 6.48. The molecule has 140 valence electrons. The molecular weight excluding hydrogens is 367 g/mol. The van der Waals surface area contributed by atoms with E-state index in [-0.39, 0.29) is 17.1 Å². The number of ketones is 1. The molecule has 2 aromatic rings. The number of carbonyl (C=O) groups excluding carboxylic acids is 1. The summed E-state index contributed by atoms with van der Waals surface area (Å²) in [5.74, 6) is -0.149. The van der Waals surface area contributed by atoms with Gasteiger partial charge in [0.05, 0.1) is 11.5 Å². The molecule has 0 spiro atoms. The van der Waals surface area contributed by atoms with Crippen LogP contribution in [-0.4, -0.2) is 51.7 Å². The van der Waals surface area contributed by atoms with Gasteiger partial charge in [0.15, 0.2) is 5.78 Å². The maximum Gasteiger partial charge on any atom is 0.491 e. The Morgan fingerprint density at radius 3 is 2.63 bits per heavy atom. The molecule has 0 fully saturated rings. The highest BCUT2D eigenvalue weighted by Gasteiger charge is 2.27. The van der Waals surface area contributed by atoms with Gasteiger partial charge < -0.3 is 14.6 Å². The summed E-state index contributed by atoms with van der Waals surface area (Å²) >= 11 is 0. The normalized spacial score (nSPS) is 13.8. The van der Waals surface area contributed by atoms with Gasteiger partial charge in [0.1, 0.15) is 6.34 Å². The van der Waals surface area contributed by atoms with Crippen LogP contribution in [0.4, 0.5) is 0 Å². The van der Waals surface area contributed by atoms with Gasteiger partial charge in [0.25, 0.3) is 10.0 Å². The van der Waals surface area contributed by atoms with Crippen LogP contribution >= 0.6 is 0 Å². The van der Waals surface area contributed by atoms with Gasteiger partial charge in [-0.1, -0.05) is 30.3 Å². The lowest BCUT2D eigenvalue weighted by Crippen LogP contribution is -2.28. The second-order valence-corrected chi connectivity index (χ2v) is 8.11. The SMILES string of the molecule is CN(C)/C=N/S(=O)(=O)c1ccc(C(=O)Cc2ccc3c(c2)B(O)OC3)cc1. The van der Waals surface area contributed by atoms with E-state index in [0.717, 1.165) is 11.1 Å². The Morgan fingerprint density at radius 1 is 1.26 bits per heavy atom. The third-order valence-corrected chi connectivity index (χ3v) is 5.37. The van der Waals surface area contributed by atoms with E-state index in [4.69, 9.17) is 4.65 Å². The lowest BCUT2D eigenvalue weighted by Gasteiger charge is -2.06. The number of sulfonamides is 1. The van der Waals surface area contributed by atoms with Gasteiger partial charge in [-0.25, -0.2) is 0 Å². The van der Waals surface area contributed by atoms with Crippen molar-refractivity contribution < 1.29 is 22.9 Å². The third-order valence-electron chi connectivity index (χ3n) is 4.13. The van der Waals surface area contributed by atoms with E-state index in [2.05, 4.69) is 4.40 Å². The zero-order valence-electron chi connectivity index (χ0n) is 15.0. The molecule has 0 aromatic heterocycles. The highest BCUT2D eigenvalue weighted by molar-refractivity contribution is 7.90. The number of fused-ring (bicyclic) bond motifs is 1. The first-order valence-corrected chi connectivity index (χ1v) is 9.72. The first-order chi connectivity index (χ1) is 12.8. The molecule has 1 heterocycles. The number of hydrogen-bond donors (Lipinski definition) is 1. The van der Waals surface area contributed by atoms with E-state index in [9.17, 15) is 18.2 Å². The molecule has 1 aliphatic rings. The molecule has 3 rings (SSSR count). The molecule has 27 heavy (non-hydrogen) atoms. The first kappa shape index (κ1) is 19.3. The fourth-order valence-corrected chi connectivity index (χ4v) is 3.61. The molecule has 0 saturated carbocycles. The first-order valence-electron chi connectivity index (χ1n) is 8.28. The number of carbonyl (C=O) groups is 1.